The standard InChI is InChI=1S/C29H26Cl3Si.2ClH.Zr/c1-20-18-27-24(21-10-3-2-4-11-21)15-9-16-26(27)28(20)29-23(13-7-8-17-33(30,31)32)19-22-12-5-6-14-25(22)29;;;/h2-6,9-12,14-16,18-19,28H,7-8,13,17H2,1H3;2*1H;/q-1;;;+3/p-2. The molecule has 1 radical (unpaired) electrons. The van der Waals surface area contributed by atoms with Gasteiger partial charge in [0.25, 0.3) is 0 Å². The smallest absolute Gasteiger partial charge is 1.00 e. The van der Waals surface area contributed by atoms with Crippen molar-refractivity contribution in [1.82, 2.24) is 0 Å². The fourth-order valence-electron chi connectivity index (χ4n) is 5.30. The van der Waals surface area contributed by atoms with Crippen molar-refractivity contribution in [3.63, 3.8) is 0 Å². The Bertz CT molecular complexity index is 1320. The van der Waals surface area contributed by atoms with Crippen LogP contribution in [-0.4, -0.2) is 6.00 Å². The van der Waals surface area contributed by atoms with Crippen LogP contribution in [0.3, 0.4) is 0 Å². The SMILES string of the molecule is CC1=Cc2c(-c3ccccc3)cccc2C1c1c(CCCC[Si](Cl)(Cl)Cl)[cH-]c2ccccc12.[Cl-].[Cl-].[Zr+3]. The molecule has 0 bridgehead atoms. The molecule has 0 heterocycles. The van der Waals surface area contributed by atoms with Crippen LogP contribution in [0, 0.1) is 0 Å². The molecule has 5 rings (SSSR count). The van der Waals surface area contributed by atoms with Crippen molar-refractivity contribution in [2.75, 3.05) is 0 Å². The van der Waals surface area contributed by atoms with Crippen LogP contribution in [-0.2, 0) is 32.6 Å². The molecule has 0 spiro atoms. The second-order valence-electron chi connectivity index (χ2n) is 8.99. The van der Waals surface area contributed by atoms with E-state index in [2.05, 4.69) is 91.9 Å². The van der Waals surface area contributed by atoms with E-state index in [1.807, 2.05) is 0 Å². The predicted molar refractivity (Wildman–Crippen MR) is 148 cm³/mol. The summed E-state index contributed by atoms with van der Waals surface area (Å²) >= 11 is 18.4. The summed E-state index contributed by atoms with van der Waals surface area (Å²) in [6.07, 6.45) is 5.40. The average molecular weight is 671 g/mol. The number of unbranched alkanes of at least 4 members (excludes halogenated alkanes) is 1. The predicted octanol–water partition coefficient (Wildman–Crippen LogP) is 3.76. The second kappa shape index (κ2) is 13.6. The molecule has 0 aliphatic heterocycles. The Morgan fingerprint density at radius 3 is 2.25 bits per heavy atom. The summed E-state index contributed by atoms with van der Waals surface area (Å²) in [5.74, 6) is 0.279. The van der Waals surface area contributed by atoms with Crippen molar-refractivity contribution < 1.29 is 51.0 Å². The van der Waals surface area contributed by atoms with Crippen LogP contribution in [0.15, 0.2) is 84.4 Å². The summed E-state index contributed by atoms with van der Waals surface area (Å²) in [7, 11) is 0. The van der Waals surface area contributed by atoms with Gasteiger partial charge in [-0.3, -0.25) is 0 Å². The van der Waals surface area contributed by atoms with E-state index in [1.165, 1.54) is 49.7 Å². The number of halogens is 5. The molecule has 0 saturated heterocycles. The van der Waals surface area contributed by atoms with E-state index in [0.29, 0.717) is 0 Å². The molecule has 0 amide bonds. The van der Waals surface area contributed by atoms with Gasteiger partial charge in [0.2, 0.25) is 0 Å². The van der Waals surface area contributed by atoms with E-state index < -0.39 is 6.00 Å². The van der Waals surface area contributed by atoms with Crippen LogP contribution in [0.2, 0.25) is 6.04 Å². The van der Waals surface area contributed by atoms with Crippen LogP contribution in [0.5, 0.6) is 0 Å². The number of hydrogen-bond acceptors (Lipinski definition) is 0. The van der Waals surface area contributed by atoms with Gasteiger partial charge in [-0.05, 0) is 47.6 Å². The Morgan fingerprint density at radius 1 is 0.833 bits per heavy atom. The van der Waals surface area contributed by atoms with Gasteiger partial charge in [0.1, 0.15) is 0 Å². The number of allylic oxidation sites excluding steroid dienone is 1. The molecule has 7 heteroatoms. The van der Waals surface area contributed by atoms with Gasteiger partial charge in [-0.25, -0.2) is 0 Å². The third-order valence-corrected chi connectivity index (χ3v) is 9.36. The quantitative estimate of drug-likeness (QED) is 0.122. The number of aryl methyl sites for hydroxylation is 1. The Kier molecular flexibility index (Phi) is 12.0. The number of fused-ring (bicyclic) bond motifs is 2. The minimum absolute atomic E-state index is 0. The molecule has 36 heavy (non-hydrogen) atoms. The molecule has 4 aromatic rings. The Labute approximate surface area is 260 Å². The van der Waals surface area contributed by atoms with Gasteiger partial charge in [0.05, 0.1) is 0 Å². The normalized spacial score (nSPS) is 14.3. The van der Waals surface area contributed by atoms with E-state index in [0.717, 1.165) is 25.3 Å². The molecule has 0 saturated carbocycles. The van der Waals surface area contributed by atoms with Gasteiger partial charge in [-0.1, -0.05) is 79.1 Å². The number of benzene rings is 3. The summed E-state index contributed by atoms with van der Waals surface area (Å²) in [5, 5.41) is 2.68. The van der Waals surface area contributed by atoms with Crippen LogP contribution < -0.4 is 24.8 Å². The Hall–Kier alpha value is -0.440. The minimum atomic E-state index is -2.56. The zero-order valence-corrected chi connectivity index (χ0v) is 27.1. The van der Waals surface area contributed by atoms with E-state index in [9.17, 15) is 0 Å². The van der Waals surface area contributed by atoms with E-state index in [4.69, 9.17) is 33.2 Å². The molecule has 0 aromatic heterocycles. The third-order valence-electron chi connectivity index (χ3n) is 6.73. The third kappa shape index (κ3) is 6.76. The summed E-state index contributed by atoms with van der Waals surface area (Å²) in [6.45, 7) is 2.28. The molecule has 4 aromatic carbocycles. The van der Waals surface area contributed by atoms with Gasteiger partial charge in [-0.2, -0.15) is 0 Å². The molecule has 1 unspecified atom stereocenters. The molecule has 1 atom stereocenters. The van der Waals surface area contributed by atoms with Gasteiger partial charge < -0.3 is 24.8 Å². The molecule has 1 aliphatic carbocycles. The minimum Gasteiger partial charge on any atom is -1.00 e. The first-order valence-electron chi connectivity index (χ1n) is 11.5. The van der Waals surface area contributed by atoms with Crippen molar-refractivity contribution in [3.05, 3.63) is 107 Å². The largest absolute Gasteiger partial charge is 3.00 e. The monoisotopic (exact) mass is 667 g/mol. The van der Waals surface area contributed by atoms with E-state index in [1.54, 1.807) is 0 Å². The topological polar surface area (TPSA) is 0 Å². The summed E-state index contributed by atoms with van der Waals surface area (Å²) in [5.41, 5.74) is 9.61. The van der Waals surface area contributed by atoms with E-state index >= 15 is 0 Å². The maximum atomic E-state index is 6.12. The molecule has 0 fully saturated rings. The molecular weight excluding hydrogens is 645 g/mol. The van der Waals surface area contributed by atoms with Crippen molar-refractivity contribution in [2.24, 2.45) is 0 Å². The fourth-order valence-corrected chi connectivity index (χ4v) is 7.15. The molecule has 0 nitrogen and oxygen atoms in total. The van der Waals surface area contributed by atoms with Gasteiger partial charge in [0, 0.05) is 0 Å². The first kappa shape index (κ1) is 31.8. The number of rotatable bonds is 7. The number of hydrogen-bond donors (Lipinski definition) is 0. The van der Waals surface area contributed by atoms with E-state index in [-0.39, 0.29) is 56.9 Å². The molecular formula is C29H26Cl5SiZr. The maximum absolute atomic E-state index is 6.12. The van der Waals surface area contributed by atoms with Crippen molar-refractivity contribution >= 4 is 56.1 Å². The summed E-state index contributed by atoms with van der Waals surface area (Å²) in [4.78, 5) is 0. The molecule has 1 aliphatic rings. The van der Waals surface area contributed by atoms with Crippen molar-refractivity contribution in [3.8, 4) is 11.1 Å². The second-order valence-corrected chi connectivity index (χ2v) is 18.3. The zero-order valence-electron chi connectivity index (χ0n) is 19.9. The fraction of sp³-hybridized carbons (Fsp3) is 0.207. The zero-order chi connectivity index (χ0) is 23.0. The average Bonchev–Trinajstić information content (AvgIpc) is 3.32. The molecule has 185 valence electrons. The van der Waals surface area contributed by atoms with Crippen LogP contribution in [0.1, 0.15) is 47.9 Å². The Balaban J connectivity index is 0.00000152. The maximum Gasteiger partial charge on any atom is 3.00 e. The summed E-state index contributed by atoms with van der Waals surface area (Å²) < 4.78 is 0. The van der Waals surface area contributed by atoms with Crippen LogP contribution in [0.4, 0.5) is 0 Å². The Morgan fingerprint density at radius 2 is 1.53 bits per heavy atom. The van der Waals surface area contributed by atoms with Gasteiger partial charge in [-0.15, -0.1) is 79.4 Å². The van der Waals surface area contributed by atoms with Crippen molar-refractivity contribution in [2.45, 2.75) is 38.1 Å². The first-order chi connectivity index (χ1) is 15.9. The van der Waals surface area contributed by atoms with Gasteiger partial charge >= 0.3 is 32.2 Å². The first-order valence-corrected chi connectivity index (χ1v) is 16.8. The van der Waals surface area contributed by atoms with Crippen LogP contribution >= 0.6 is 33.2 Å². The summed E-state index contributed by atoms with van der Waals surface area (Å²) in [6, 6.07) is 26.8. The molecule has 0 N–H and O–H groups in total. The van der Waals surface area contributed by atoms with Crippen LogP contribution in [0.25, 0.3) is 28.0 Å². The van der Waals surface area contributed by atoms with Gasteiger partial charge in [0.15, 0.2) is 0 Å². The van der Waals surface area contributed by atoms with Crippen molar-refractivity contribution in [1.29, 1.82) is 0 Å².